The lowest BCUT2D eigenvalue weighted by molar-refractivity contribution is -0.136. The second kappa shape index (κ2) is 12.0. The van der Waals surface area contributed by atoms with Gasteiger partial charge in [0.1, 0.15) is 24.2 Å². The number of thioether (sulfide) groups is 1. The van der Waals surface area contributed by atoms with Gasteiger partial charge >= 0.3 is 0 Å². The average molecular weight is 604 g/mol. The van der Waals surface area contributed by atoms with Gasteiger partial charge in [-0.15, -0.1) is 11.8 Å². The summed E-state index contributed by atoms with van der Waals surface area (Å²) in [6.07, 6.45) is 1.97. The van der Waals surface area contributed by atoms with Crippen LogP contribution in [0, 0.1) is 23.1 Å². The summed E-state index contributed by atoms with van der Waals surface area (Å²) in [7, 11) is 0. The second-order valence-electron chi connectivity index (χ2n) is 10.7. The van der Waals surface area contributed by atoms with E-state index in [1.807, 2.05) is 11.0 Å². The number of anilines is 1. The predicted molar refractivity (Wildman–Crippen MR) is 153 cm³/mol. The van der Waals surface area contributed by atoms with Crippen molar-refractivity contribution in [3.05, 3.63) is 82.5 Å². The molecular formula is C31H27F2N5O4S. The highest BCUT2D eigenvalue weighted by atomic mass is 32.2. The van der Waals surface area contributed by atoms with Crippen molar-refractivity contribution in [2.45, 2.75) is 55.2 Å². The van der Waals surface area contributed by atoms with Gasteiger partial charge in [-0.3, -0.25) is 19.7 Å². The van der Waals surface area contributed by atoms with Crippen molar-refractivity contribution in [2.75, 3.05) is 18.0 Å². The molecule has 12 heteroatoms. The minimum Gasteiger partial charge on any atom is -0.488 e. The molecule has 0 saturated carbocycles. The number of nitriles is 1. The van der Waals surface area contributed by atoms with Crippen LogP contribution in [0.5, 0.6) is 5.75 Å². The molecule has 4 heterocycles. The van der Waals surface area contributed by atoms with E-state index in [0.29, 0.717) is 40.7 Å². The molecule has 0 spiro atoms. The maximum Gasteiger partial charge on any atom is 0.255 e. The Morgan fingerprint density at radius 2 is 1.88 bits per heavy atom. The Labute approximate surface area is 250 Å². The summed E-state index contributed by atoms with van der Waals surface area (Å²) >= 11 is 1.49. The number of halogens is 2. The monoisotopic (exact) mass is 603 g/mol. The summed E-state index contributed by atoms with van der Waals surface area (Å²) in [5, 5.41) is 12.0. The van der Waals surface area contributed by atoms with Crippen LogP contribution >= 0.6 is 11.8 Å². The largest absolute Gasteiger partial charge is 0.488 e. The standard InChI is InChI=1S/C31H27F2N5O4S/c32-23-14-18(15-34)4-6-24(23)37-12-10-20(11-13-37)43-28-9-5-19(29(33)36-28)17-42-26-3-1-2-21-22(26)16-38(31(21)41)25-7-8-27(39)35-30(25)40/h1-6,9,14,20,25H,7-8,10-13,16-17H2,(H,35,39,40)/t25-/m1/s1. The Hall–Kier alpha value is -4.50. The van der Waals surface area contributed by atoms with E-state index in [1.54, 1.807) is 42.5 Å². The fourth-order valence-corrected chi connectivity index (χ4v) is 6.75. The van der Waals surface area contributed by atoms with E-state index in [-0.39, 0.29) is 54.2 Å². The first-order valence-electron chi connectivity index (χ1n) is 14.0. The number of fused-ring (bicyclic) bond motifs is 1. The van der Waals surface area contributed by atoms with Gasteiger partial charge in [0.25, 0.3) is 5.91 Å². The summed E-state index contributed by atoms with van der Waals surface area (Å²) in [4.78, 5) is 44.5. The Balaban J connectivity index is 1.05. The summed E-state index contributed by atoms with van der Waals surface area (Å²) in [5.74, 6) is -1.78. The van der Waals surface area contributed by atoms with Gasteiger partial charge in [-0.05, 0) is 61.7 Å². The number of amides is 3. The minimum absolute atomic E-state index is 0.0958. The fraction of sp³-hybridized carbons (Fsp3) is 0.323. The third kappa shape index (κ3) is 5.90. The molecule has 2 saturated heterocycles. The lowest BCUT2D eigenvalue weighted by atomic mass is 10.0. The molecule has 220 valence electrons. The van der Waals surface area contributed by atoms with Gasteiger partial charge < -0.3 is 14.5 Å². The zero-order chi connectivity index (χ0) is 30.1. The number of pyridine rings is 1. The van der Waals surface area contributed by atoms with Crippen LogP contribution in [0.3, 0.4) is 0 Å². The van der Waals surface area contributed by atoms with Gasteiger partial charge in [-0.1, -0.05) is 6.07 Å². The van der Waals surface area contributed by atoms with E-state index in [0.717, 1.165) is 12.8 Å². The fourth-order valence-electron chi connectivity index (χ4n) is 5.69. The van der Waals surface area contributed by atoms with Crippen molar-refractivity contribution >= 4 is 35.2 Å². The molecule has 0 unspecified atom stereocenters. The first kappa shape index (κ1) is 28.6. The molecule has 3 aliphatic heterocycles. The molecule has 2 fully saturated rings. The Morgan fingerprint density at radius 1 is 1.07 bits per heavy atom. The molecule has 3 amide bonds. The predicted octanol–water partition coefficient (Wildman–Crippen LogP) is 4.33. The van der Waals surface area contributed by atoms with Crippen LogP contribution in [0.25, 0.3) is 0 Å². The Bertz CT molecular complexity index is 1650. The first-order valence-corrected chi connectivity index (χ1v) is 14.8. The number of imide groups is 1. The summed E-state index contributed by atoms with van der Waals surface area (Å²) in [6, 6.07) is 14.1. The maximum atomic E-state index is 15.0. The van der Waals surface area contributed by atoms with Crippen LogP contribution in [0.15, 0.2) is 53.6 Å². The van der Waals surface area contributed by atoms with E-state index in [4.69, 9.17) is 10.00 Å². The molecule has 1 aromatic heterocycles. The van der Waals surface area contributed by atoms with Gasteiger partial charge in [-0.2, -0.15) is 9.65 Å². The molecule has 6 rings (SSSR count). The highest BCUT2D eigenvalue weighted by Gasteiger charge is 2.40. The summed E-state index contributed by atoms with van der Waals surface area (Å²) in [5.41, 5.74) is 2.06. The smallest absolute Gasteiger partial charge is 0.255 e. The number of carbonyl (C=O) groups is 3. The third-order valence-electron chi connectivity index (χ3n) is 7.97. The van der Waals surface area contributed by atoms with Crippen molar-refractivity contribution in [1.29, 1.82) is 5.26 Å². The molecule has 3 aromatic rings. The van der Waals surface area contributed by atoms with E-state index in [2.05, 4.69) is 10.3 Å². The van der Waals surface area contributed by atoms with Crippen LogP contribution in [-0.2, 0) is 22.7 Å². The lowest BCUT2D eigenvalue weighted by Crippen LogP contribution is -2.52. The van der Waals surface area contributed by atoms with Gasteiger partial charge in [-0.25, -0.2) is 9.37 Å². The normalized spacial score (nSPS) is 18.8. The van der Waals surface area contributed by atoms with Crippen LogP contribution in [0.2, 0.25) is 0 Å². The molecule has 1 N–H and O–H groups in total. The van der Waals surface area contributed by atoms with Crippen LogP contribution in [-0.4, -0.2) is 52.0 Å². The van der Waals surface area contributed by atoms with Gasteiger partial charge in [0.2, 0.25) is 17.8 Å². The molecule has 0 radical (unpaired) electrons. The number of carbonyl (C=O) groups excluding carboxylic acids is 3. The van der Waals surface area contributed by atoms with E-state index in [1.165, 1.54) is 22.7 Å². The molecule has 0 aliphatic carbocycles. The Morgan fingerprint density at radius 3 is 2.60 bits per heavy atom. The Kier molecular flexibility index (Phi) is 7.99. The minimum atomic E-state index is -0.735. The van der Waals surface area contributed by atoms with Crippen molar-refractivity contribution in [1.82, 2.24) is 15.2 Å². The van der Waals surface area contributed by atoms with Gasteiger partial charge in [0.15, 0.2) is 0 Å². The average Bonchev–Trinajstić information content (AvgIpc) is 3.33. The quantitative estimate of drug-likeness (QED) is 0.314. The number of nitrogens with zero attached hydrogens (tertiary/aromatic N) is 4. The zero-order valence-corrected chi connectivity index (χ0v) is 23.8. The van der Waals surface area contributed by atoms with E-state index >= 15 is 4.39 Å². The molecule has 2 aromatic carbocycles. The zero-order valence-electron chi connectivity index (χ0n) is 23.0. The number of hydrogen-bond acceptors (Lipinski definition) is 8. The van der Waals surface area contributed by atoms with Crippen molar-refractivity contribution < 1.29 is 27.9 Å². The number of hydrogen-bond donors (Lipinski definition) is 1. The molecular weight excluding hydrogens is 576 g/mol. The lowest BCUT2D eigenvalue weighted by Gasteiger charge is -2.33. The van der Waals surface area contributed by atoms with Crippen molar-refractivity contribution in [3.63, 3.8) is 0 Å². The number of aromatic nitrogens is 1. The number of benzene rings is 2. The topological polar surface area (TPSA) is 116 Å². The highest BCUT2D eigenvalue weighted by Crippen LogP contribution is 2.35. The van der Waals surface area contributed by atoms with Crippen molar-refractivity contribution in [3.8, 4) is 11.8 Å². The summed E-state index contributed by atoms with van der Waals surface area (Å²) < 4.78 is 35.4. The molecule has 1 atom stereocenters. The van der Waals surface area contributed by atoms with Crippen LogP contribution in [0.1, 0.15) is 52.7 Å². The third-order valence-corrected chi connectivity index (χ3v) is 9.24. The SMILES string of the molecule is N#Cc1ccc(N2CCC(Sc3ccc(COc4cccc5c4CN([C@@H]4CCC(=O)NC4=O)C5=O)c(F)n3)CC2)c(F)c1. The summed E-state index contributed by atoms with van der Waals surface area (Å²) in [6.45, 7) is 1.34. The van der Waals surface area contributed by atoms with E-state index in [9.17, 15) is 18.8 Å². The number of rotatable bonds is 7. The molecule has 43 heavy (non-hydrogen) atoms. The number of piperidine rings is 2. The van der Waals surface area contributed by atoms with Gasteiger partial charge in [0, 0.05) is 41.5 Å². The van der Waals surface area contributed by atoms with Crippen molar-refractivity contribution in [2.24, 2.45) is 0 Å². The molecule has 3 aliphatic rings. The highest BCUT2D eigenvalue weighted by molar-refractivity contribution is 7.99. The first-order chi connectivity index (χ1) is 20.8. The van der Waals surface area contributed by atoms with Gasteiger partial charge in [0.05, 0.1) is 28.9 Å². The van der Waals surface area contributed by atoms with Crippen LogP contribution < -0.4 is 15.0 Å². The molecule has 0 bridgehead atoms. The second-order valence-corrected chi connectivity index (χ2v) is 12.0. The molecule has 9 nitrogen and oxygen atoms in total. The van der Waals surface area contributed by atoms with Crippen LogP contribution in [0.4, 0.5) is 14.5 Å². The van der Waals surface area contributed by atoms with E-state index < -0.39 is 23.7 Å². The number of ether oxygens (including phenoxy) is 1. The maximum absolute atomic E-state index is 15.0. The number of nitrogens with one attached hydrogen (secondary N) is 1.